The summed E-state index contributed by atoms with van der Waals surface area (Å²) in [5, 5.41) is 12.0. The van der Waals surface area contributed by atoms with Gasteiger partial charge in [-0.25, -0.2) is 4.79 Å². The molecule has 0 bridgehead atoms. The largest absolute Gasteiger partial charge is 0.493 e. The monoisotopic (exact) mass is 337 g/mol. The van der Waals surface area contributed by atoms with Crippen molar-refractivity contribution in [1.82, 2.24) is 5.32 Å². The molecule has 0 saturated carbocycles. The predicted molar refractivity (Wildman–Crippen MR) is 93.4 cm³/mol. The quantitative estimate of drug-likeness (QED) is 0.800. The maximum absolute atomic E-state index is 11.7. The number of aliphatic hydroxyl groups is 1. The first-order chi connectivity index (χ1) is 11.3. The summed E-state index contributed by atoms with van der Waals surface area (Å²) in [5.41, 5.74) is 0.362. The van der Waals surface area contributed by atoms with Gasteiger partial charge in [-0.3, -0.25) is 0 Å². The molecule has 1 amide bonds. The molecule has 0 aliphatic rings. The molecule has 0 saturated heterocycles. The van der Waals surface area contributed by atoms with Crippen molar-refractivity contribution in [1.29, 1.82) is 0 Å². The van der Waals surface area contributed by atoms with Gasteiger partial charge in [0.2, 0.25) is 0 Å². The van der Waals surface area contributed by atoms with E-state index in [1.165, 1.54) is 0 Å². The van der Waals surface area contributed by atoms with E-state index >= 15 is 0 Å². The maximum atomic E-state index is 11.7. The van der Waals surface area contributed by atoms with Crippen LogP contribution in [0.3, 0.4) is 0 Å². The van der Waals surface area contributed by atoms with Crippen molar-refractivity contribution in [2.45, 2.75) is 38.8 Å². The van der Waals surface area contributed by atoms with Gasteiger partial charge in [-0.2, -0.15) is 0 Å². The van der Waals surface area contributed by atoms with Gasteiger partial charge in [-0.05, 0) is 44.9 Å². The topological polar surface area (TPSA) is 77.0 Å². The minimum atomic E-state index is -0.570. The van der Waals surface area contributed by atoms with E-state index in [4.69, 9.17) is 14.2 Å². The fourth-order valence-corrected chi connectivity index (χ4v) is 1.98. The first-order valence-corrected chi connectivity index (χ1v) is 7.78. The number of amides is 1. The zero-order valence-corrected chi connectivity index (χ0v) is 15.0. The van der Waals surface area contributed by atoms with Crippen molar-refractivity contribution in [2.75, 3.05) is 20.8 Å². The van der Waals surface area contributed by atoms with Gasteiger partial charge in [0.25, 0.3) is 0 Å². The first kappa shape index (κ1) is 19.8. The van der Waals surface area contributed by atoms with Crippen LogP contribution in [0.1, 0.15) is 32.8 Å². The molecule has 0 heterocycles. The average Bonchev–Trinajstić information content (AvgIpc) is 2.51. The van der Waals surface area contributed by atoms with Gasteiger partial charge in [0.1, 0.15) is 5.60 Å². The number of carbonyl (C=O) groups excluding carboxylic acids is 1. The number of hydrogen-bond donors (Lipinski definition) is 2. The summed E-state index contributed by atoms with van der Waals surface area (Å²) >= 11 is 0. The Hall–Kier alpha value is -2.21. The second-order valence-electron chi connectivity index (χ2n) is 6.28. The zero-order valence-electron chi connectivity index (χ0n) is 15.0. The van der Waals surface area contributed by atoms with Crippen molar-refractivity contribution in [3.63, 3.8) is 0 Å². The number of rotatable bonds is 7. The molecular weight excluding hydrogens is 310 g/mol. The lowest BCUT2D eigenvalue weighted by Crippen LogP contribution is -2.40. The van der Waals surface area contributed by atoms with Crippen molar-refractivity contribution < 1.29 is 24.1 Å². The molecule has 0 fully saturated rings. The lowest BCUT2D eigenvalue weighted by molar-refractivity contribution is 0.0484. The van der Waals surface area contributed by atoms with Crippen molar-refractivity contribution in [3.8, 4) is 11.5 Å². The number of benzene rings is 1. The molecule has 6 nitrogen and oxygen atoms in total. The third kappa shape index (κ3) is 6.91. The molecule has 0 unspecified atom stereocenters. The highest BCUT2D eigenvalue weighted by Crippen LogP contribution is 2.28. The van der Waals surface area contributed by atoms with Crippen LogP contribution >= 0.6 is 0 Å². The molecule has 0 aliphatic heterocycles. The van der Waals surface area contributed by atoms with Gasteiger partial charge in [0, 0.05) is 0 Å². The van der Waals surface area contributed by atoms with E-state index in [0.717, 1.165) is 5.56 Å². The highest BCUT2D eigenvalue weighted by atomic mass is 16.6. The van der Waals surface area contributed by atoms with Gasteiger partial charge < -0.3 is 24.6 Å². The van der Waals surface area contributed by atoms with Gasteiger partial charge in [0.15, 0.2) is 11.5 Å². The Morgan fingerprint density at radius 2 is 1.92 bits per heavy atom. The lowest BCUT2D eigenvalue weighted by atomic mass is 10.1. The van der Waals surface area contributed by atoms with E-state index in [1.54, 1.807) is 35.0 Å². The van der Waals surface area contributed by atoms with Crippen LogP contribution < -0.4 is 14.8 Å². The molecule has 0 radical (unpaired) electrons. The molecule has 1 atom stereocenters. The number of methoxy groups -OCH3 is 2. The number of carbonyl (C=O) groups is 1. The molecule has 1 aromatic carbocycles. The fraction of sp³-hybridized carbons (Fsp3) is 0.500. The molecule has 24 heavy (non-hydrogen) atoms. The van der Waals surface area contributed by atoms with Gasteiger partial charge in [-0.15, -0.1) is 0 Å². The summed E-state index contributed by atoms with van der Waals surface area (Å²) in [4.78, 5) is 11.7. The number of ether oxygens (including phenoxy) is 3. The van der Waals surface area contributed by atoms with Crippen LogP contribution in [0.15, 0.2) is 24.3 Å². The minimum Gasteiger partial charge on any atom is -0.493 e. The fourth-order valence-electron chi connectivity index (χ4n) is 1.98. The molecule has 0 aromatic heterocycles. The molecular formula is C18H27NO5. The molecule has 0 aliphatic carbocycles. The number of hydrogen-bond acceptors (Lipinski definition) is 5. The van der Waals surface area contributed by atoms with Gasteiger partial charge >= 0.3 is 6.09 Å². The second-order valence-corrected chi connectivity index (χ2v) is 6.28. The second kappa shape index (κ2) is 9.17. The van der Waals surface area contributed by atoms with Crippen molar-refractivity contribution in [3.05, 3.63) is 29.8 Å². The Morgan fingerprint density at radius 1 is 1.25 bits per heavy atom. The first-order valence-electron chi connectivity index (χ1n) is 7.78. The highest BCUT2D eigenvalue weighted by Gasteiger charge is 2.18. The average molecular weight is 337 g/mol. The molecule has 6 heteroatoms. The van der Waals surface area contributed by atoms with Crippen molar-refractivity contribution >= 4 is 12.2 Å². The highest BCUT2D eigenvalue weighted by molar-refractivity contribution is 5.68. The van der Waals surface area contributed by atoms with E-state index in [2.05, 4.69) is 5.32 Å². The van der Waals surface area contributed by atoms with Gasteiger partial charge in [0.05, 0.1) is 26.9 Å². The van der Waals surface area contributed by atoms with E-state index in [9.17, 15) is 9.90 Å². The number of aliphatic hydroxyl groups excluding tert-OH is 1. The van der Waals surface area contributed by atoms with Crippen LogP contribution in [-0.4, -0.2) is 43.7 Å². The minimum absolute atomic E-state index is 0.171. The third-order valence-electron chi connectivity index (χ3n) is 3.08. The van der Waals surface area contributed by atoms with Crippen LogP contribution in [0.4, 0.5) is 4.79 Å². The summed E-state index contributed by atoms with van der Waals surface area (Å²) in [7, 11) is 3.17. The molecule has 1 rings (SSSR count). The van der Waals surface area contributed by atoms with Gasteiger partial charge in [-0.1, -0.05) is 18.2 Å². The Morgan fingerprint density at radius 3 is 2.46 bits per heavy atom. The molecule has 1 aromatic rings. The zero-order chi connectivity index (χ0) is 18.2. The van der Waals surface area contributed by atoms with E-state index in [-0.39, 0.29) is 6.61 Å². The Kier molecular flexibility index (Phi) is 7.58. The van der Waals surface area contributed by atoms with Crippen molar-refractivity contribution in [2.24, 2.45) is 0 Å². The summed E-state index contributed by atoms with van der Waals surface area (Å²) in [6.45, 7) is 5.20. The molecule has 0 spiro atoms. The molecule has 134 valence electrons. The van der Waals surface area contributed by atoms with Crippen LogP contribution in [0.25, 0.3) is 6.08 Å². The predicted octanol–water partition coefficient (Wildman–Crippen LogP) is 2.99. The standard InChI is InChI=1S/C18H27NO5/c1-18(2,3)24-17(21)19-14(12-20)8-6-7-13-9-10-15(22-4)16(11-13)23-5/h6-7,9-11,14,20H,8,12H2,1-5H3,(H,19,21)/t14-/m0/s1. The Labute approximate surface area is 143 Å². The summed E-state index contributed by atoms with van der Waals surface area (Å²) in [6, 6.07) is 5.16. The Bertz CT molecular complexity index is 563. The summed E-state index contributed by atoms with van der Waals surface area (Å²) in [5.74, 6) is 1.31. The maximum Gasteiger partial charge on any atom is 0.407 e. The normalized spacial score (nSPS) is 12.8. The SMILES string of the molecule is COc1ccc(C=CC[C@@H](CO)NC(=O)OC(C)(C)C)cc1OC. The smallest absolute Gasteiger partial charge is 0.407 e. The van der Waals surface area contributed by atoms with Crippen LogP contribution in [-0.2, 0) is 4.74 Å². The lowest BCUT2D eigenvalue weighted by Gasteiger charge is -2.22. The van der Waals surface area contributed by atoms with Crippen LogP contribution in [0.2, 0.25) is 0 Å². The van der Waals surface area contributed by atoms with E-state index < -0.39 is 17.7 Å². The summed E-state index contributed by atoms with van der Waals surface area (Å²) < 4.78 is 15.6. The van der Waals surface area contributed by atoms with E-state index in [0.29, 0.717) is 17.9 Å². The number of alkyl carbamates (subject to hydrolysis) is 1. The third-order valence-corrected chi connectivity index (χ3v) is 3.08. The summed E-state index contributed by atoms with van der Waals surface area (Å²) in [6.07, 6.45) is 3.70. The van der Waals surface area contributed by atoms with Crippen LogP contribution in [0, 0.1) is 0 Å². The molecule has 2 N–H and O–H groups in total. The number of nitrogens with one attached hydrogen (secondary N) is 1. The Balaban J connectivity index is 2.62. The van der Waals surface area contributed by atoms with Crippen LogP contribution in [0.5, 0.6) is 11.5 Å². The van der Waals surface area contributed by atoms with E-state index in [1.807, 2.05) is 30.4 Å².